The van der Waals surface area contributed by atoms with Gasteiger partial charge in [0.1, 0.15) is 5.82 Å². The maximum atomic E-state index is 11.6. The number of aryl methyl sites for hydroxylation is 3. The van der Waals surface area contributed by atoms with E-state index in [1.807, 2.05) is 10.9 Å². The van der Waals surface area contributed by atoms with Gasteiger partial charge in [0, 0.05) is 35.7 Å². The van der Waals surface area contributed by atoms with E-state index in [1.165, 1.54) is 17.7 Å². The first-order chi connectivity index (χ1) is 12.7. The molecule has 0 aliphatic heterocycles. The van der Waals surface area contributed by atoms with E-state index in [2.05, 4.69) is 27.3 Å². The number of carboxylic acids is 1. The quantitative estimate of drug-likeness (QED) is 0.822. The van der Waals surface area contributed by atoms with Crippen LogP contribution in [0.3, 0.4) is 0 Å². The molecule has 7 nitrogen and oxygen atoms in total. The molecule has 1 atom stereocenters. The van der Waals surface area contributed by atoms with Crippen molar-refractivity contribution in [1.29, 1.82) is 0 Å². The molecule has 2 heterocycles. The van der Waals surface area contributed by atoms with Gasteiger partial charge < -0.3 is 10.4 Å². The van der Waals surface area contributed by atoms with E-state index in [0.29, 0.717) is 13.0 Å². The highest BCUT2D eigenvalue weighted by Gasteiger charge is 2.28. The third kappa shape index (κ3) is 3.23. The third-order valence-corrected chi connectivity index (χ3v) is 5.40. The van der Waals surface area contributed by atoms with Gasteiger partial charge in [0.15, 0.2) is 5.69 Å². The Hall–Kier alpha value is -2.28. The number of hydrogen-bond donors (Lipinski definition) is 2. The average Bonchev–Trinajstić information content (AvgIpc) is 3.24. The van der Waals surface area contributed by atoms with Crippen LogP contribution in [0.2, 0.25) is 0 Å². The summed E-state index contributed by atoms with van der Waals surface area (Å²) in [5, 5.41) is 17.4. The van der Waals surface area contributed by atoms with Crippen molar-refractivity contribution < 1.29 is 9.90 Å². The molecule has 26 heavy (non-hydrogen) atoms. The molecule has 0 fully saturated rings. The molecule has 2 aromatic heterocycles. The molecular weight excluding hydrogens is 330 g/mol. The number of fused-ring (bicyclic) bond motifs is 2. The lowest BCUT2D eigenvalue weighted by Crippen LogP contribution is -2.35. The predicted octanol–water partition coefficient (Wildman–Crippen LogP) is 1.92. The smallest absolute Gasteiger partial charge is 0.356 e. The zero-order chi connectivity index (χ0) is 18.1. The van der Waals surface area contributed by atoms with Crippen molar-refractivity contribution in [2.45, 2.75) is 71.0 Å². The maximum absolute atomic E-state index is 11.6. The minimum Gasteiger partial charge on any atom is -0.476 e. The summed E-state index contributed by atoms with van der Waals surface area (Å²) >= 11 is 0. The molecule has 0 bridgehead atoms. The Bertz CT molecular complexity index is 830. The second-order valence-corrected chi connectivity index (χ2v) is 7.23. The molecule has 2 N–H and O–H groups in total. The van der Waals surface area contributed by atoms with Crippen LogP contribution in [0.5, 0.6) is 0 Å². The highest BCUT2D eigenvalue weighted by atomic mass is 16.4. The monoisotopic (exact) mass is 355 g/mol. The van der Waals surface area contributed by atoms with E-state index < -0.39 is 5.97 Å². The van der Waals surface area contributed by atoms with Gasteiger partial charge in [-0.25, -0.2) is 14.8 Å². The topological polar surface area (TPSA) is 92.9 Å². The van der Waals surface area contributed by atoms with Crippen LogP contribution in [0.1, 0.15) is 65.0 Å². The van der Waals surface area contributed by atoms with Crippen molar-refractivity contribution in [2.24, 2.45) is 0 Å². The van der Waals surface area contributed by atoms with Crippen LogP contribution in [0.25, 0.3) is 0 Å². The van der Waals surface area contributed by atoms with E-state index in [-0.39, 0.29) is 11.7 Å². The van der Waals surface area contributed by atoms with Crippen LogP contribution in [0.15, 0.2) is 6.20 Å². The maximum Gasteiger partial charge on any atom is 0.356 e. The van der Waals surface area contributed by atoms with Gasteiger partial charge in [0.2, 0.25) is 0 Å². The molecular formula is C19H25N5O2. The van der Waals surface area contributed by atoms with Gasteiger partial charge in [0.25, 0.3) is 0 Å². The zero-order valence-electron chi connectivity index (χ0n) is 15.2. The van der Waals surface area contributed by atoms with Crippen LogP contribution >= 0.6 is 0 Å². The van der Waals surface area contributed by atoms with Crippen LogP contribution in [0, 0.1) is 0 Å². The number of carboxylic acid groups (broad SMARTS) is 1. The molecule has 0 saturated heterocycles. The SMILES string of the molecule is CCCn1nc(C(=O)O)c2c1CC[C@H](NCc1ncc3c(n1)CCC3)C2. The lowest BCUT2D eigenvalue weighted by molar-refractivity contribution is 0.0688. The van der Waals surface area contributed by atoms with Crippen molar-refractivity contribution in [1.82, 2.24) is 25.1 Å². The molecule has 0 unspecified atom stereocenters. The van der Waals surface area contributed by atoms with Crippen molar-refractivity contribution in [2.75, 3.05) is 0 Å². The number of nitrogens with zero attached hydrogens (tertiary/aromatic N) is 4. The fourth-order valence-corrected chi connectivity index (χ4v) is 4.11. The standard InChI is InChI=1S/C19H25N5O2/c1-2-8-24-16-7-6-13(9-14(16)18(23-24)19(25)26)20-11-17-21-10-12-4-3-5-15(12)22-17/h10,13,20H,2-9,11H2,1H3,(H,25,26)/t13-/m0/s1. The normalized spacial score (nSPS) is 18.6. The molecule has 0 saturated carbocycles. The molecule has 7 heteroatoms. The minimum atomic E-state index is -0.932. The second kappa shape index (κ2) is 7.15. The molecule has 2 aliphatic carbocycles. The number of aromatic nitrogens is 4. The Morgan fingerprint density at radius 1 is 1.38 bits per heavy atom. The largest absolute Gasteiger partial charge is 0.476 e. The van der Waals surface area contributed by atoms with Crippen LogP contribution in [0.4, 0.5) is 0 Å². The summed E-state index contributed by atoms with van der Waals surface area (Å²) < 4.78 is 1.89. The highest BCUT2D eigenvalue weighted by Crippen LogP contribution is 2.25. The fourth-order valence-electron chi connectivity index (χ4n) is 4.11. The molecule has 138 valence electrons. The summed E-state index contributed by atoms with van der Waals surface area (Å²) in [4.78, 5) is 20.7. The van der Waals surface area contributed by atoms with Crippen molar-refractivity contribution in [3.8, 4) is 0 Å². The molecule has 0 amide bonds. The van der Waals surface area contributed by atoms with E-state index in [4.69, 9.17) is 0 Å². The first-order valence-electron chi connectivity index (χ1n) is 9.54. The Balaban J connectivity index is 1.45. The first-order valence-corrected chi connectivity index (χ1v) is 9.54. The van der Waals surface area contributed by atoms with Crippen LogP contribution in [-0.2, 0) is 38.8 Å². The number of rotatable bonds is 6. The summed E-state index contributed by atoms with van der Waals surface area (Å²) in [7, 11) is 0. The van der Waals surface area contributed by atoms with Crippen molar-refractivity contribution in [3.05, 3.63) is 40.2 Å². The molecule has 2 aromatic rings. The lowest BCUT2D eigenvalue weighted by Gasteiger charge is -2.24. The Morgan fingerprint density at radius 3 is 3.08 bits per heavy atom. The van der Waals surface area contributed by atoms with Crippen molar-refractivity contribution in [3.63, 3.8) is 0 Å². The molecule has 0 aromatic carbocycles. The van der Waals surface area contributed by atoms with Gasteiger partial charge in [-0.05, 0) is 50.5 Å². The number of hydrogen-bond acceptors (Lipinski definition) is 5. The highest BCUT2D eigenvalue weighted by molar-refractivity contribution is 5.87. The molecule has 2 aliphatic rings. The lowest BCUT2D eigenvalue weighted by atomic mass is 9.91. The van der Waals surface area contributed by atoms with Gasteiger partial charge in [-0.1, -0.05) is 6.92 Å². The van der Waals surface area contributed by atoms with E-state index in [9.17, 15) is 9.90 Å². The zero-order valence-corrected chi connectivity index (χ0v) is 15.2. The number of nitrogens with one attached hydrogen (secondary N) is 1. The fraction of sp³-hybridized carbons (Fsp3) is 0.579. The van der Waals surface area contributed by atoms with Crippen molar-refractivity contribution >= 4 is 5.97 Å². The number of carbonyl (C=O) groups is 1. The van der Waals surface area contributed by atoms with Gasteiger partial charge >= 0.3 is 5.97 Å². The summed E-state index contributed by atoms with van der Waals surface area (Å²) in [5.74, 6) is -0.102. The second-order valence-electron chi connectivity index (χ2n) is 7.23. The van der Waals surface area contributed by atoms with Gasteiger partial charge in [-0.3, -0.25) is 4.68 Å². The minimum absolute atomic E-state index is 0.216. The van der Waals surface area contributed by atoms with Crippen LogP contribution in [-0.4, -0.2) is 36.9 Å². The van der Waals surface area contributed by atoms with Crippen LogP contribution < -0.4 is 5.32 Å². The van der Waals surface area contributed by atoms with E-state index in [1.54, 1.807) is 0 Å². The third-order valence-electron chi connectivity index (χ3n) is 5.40. The van der Waals surface area contributed by atoms with E-state index >= 15 is 0 Å². The summed E-state index contributed by atoms with van der Waals surface area (Å²) in [5.41, 5.74) is 4.68. The molecule has 0 spiro atoms. The van der Waals surface area contributed by atoms with Gasteiger partial charge in [-0.15, -0.1) is 0 Å². The summed E-state index contributed by atoms with van der Waals surface area (Å²) in [6, 6.07) is 0.233. The molecule has 0 radical (unpaired) electrons. The predicted molar refractivity (Wildman–Crippen MR) is 96.2 cm³/mol. The Kier molecular flexibility index (Phi) is 4.72. The average molecular weight is 355 g/mol. The first kappa shape index (κ1) is 17.1. The Labute approximate surface area is 152 Å². The molecule has 4 rings (SSSR count). The van der Waals surface area contributed by atoms with E-state index in [0.717, 1.165) is 55.7 Å². The van der Waals surface area contributed by atoms with Gasteiger partial charge in [-0.2, -0.15) is 5.10 Å². The Morgan fingerprint density at radius 2 is 2.27 bits per heavy atom. The summed E-state index contributed by atoms with van der Waals surface area (Å²) in [6.45, 7) is 3.48. The van der Waals surface area contributed by atoms with Gasteiger partial charge in [0.05, 0.1) is 6.54 Å². The number of aromatic carboxylic acids is 1. The summed E-state index contributed by atoms with van der Waals surface area (Å²) in [6.07, 6.45) is 8.76.